The van der Waals surface area contributed by atoms with Gasteiger partial charge in [0, 0.05) is 12.1 Å². The van der Waals surface area contributed by atoms with Crippen LogP contribution >= 0.6 is 0 Å². The van der Waals surface area contributed by atoms with Crippen LogP contribution in [-0.4, -0.2) is 24.0 Å². The van der Waals surface area contributed by atoms with E-state index in [4.69, 9.17) is 9.47 Å². The van der Waals surface area contributed by atoms with E-state index in [2.05, 4.69) is 5.32 Å². The normalized spacial score (nSPS) is 11.5. The summed E-state index contributed by atoms with van der Waals surface area (Å²) in [6.45, 7) is 1.75. The third-order valence-corrected chi connectivity index (χ3v) is 3.41. The fourth-order valence-corrected chi connectivity index (χ4v) is 2.12. The van der Waals surface area contributed by atoms with Gasteiger partial charge in [-0.25, -0.2) is 4.39 Å². The number of carbonyl (C=O) groups excluding carboxylic acids is 1. The van der Waals surface area contributed by atoms with E-state index in [0.29, 0.717) is 12.2 Å². The van der Waals surface area contributed by atoms with Gasteiger partial charge in [0.1, 0.15) is 17.3 Å². The first-order valence-electron chi connectivity index (χ1n) is 7.50. The summed E-state index contributed by atoms with van der Waals surface area (Å²) in [5, 5.41) is 13.5. The minimum absolute atomic E-state index is 0.169. The molecular formula is C17H17FN2O5. The van der Waals surface area contributed by atoms with Crippen LogP contribution in [0.25, 0.3) is 0 Å². The Morgan fingerprint density at radius 3 is 2.52 bits per heavy atom. The molecule has 2 aromatic rings. The monoisotopic (exact) mass is 348 g/mol. The zero-order chi connectivity index (χ0) is 18.4. The number of nitrogens with zero attached hydrogens (tertiary/aromatic N) is 1. The lowest BCUT2D eigenvalue weighted by atomic mass is 10.2. The Bertz CT molecular complexity index is 764. The summed E-state index contributed by atoms with van der Waals surface area (Å²) in [5.74, 6) is -0.276. The van der Waals surface area contributed by atoms with E-state index in [-0.39, 0.29) is 17.1 Å². The number of hydrogen-bond donors (Lipinski definition) is 1. The average molecular weight is 348 g/mol. The Kier molecular flexibility index (Phi) is 5.89. The van der Waals surface area contributed by atoms with Crippen molar-refractivity contribution in [3.05, 3.63) is 58.4 Å². The highest BCUT2D eigenvalue weighted by molar-refractivity contribution is 5.96. The van der Waals surface area contributed by atoms with E-state index in [1.807, 2.05) is 0 Å². The molecule has 0 saturated carbocycles. The second-order valence-corrected chi connectivity index (χ2v) is 5.10. The molecule has 0 heterocycles. The summed E-state index contributed by atoms with van der Waals surface area (Å²) >= 11 is 0. The number of nitrogens with one attached hydrogen (secondary N) is 1. The Labute approximate surface area is 143 Å². The number of hydrogen-bond acceptors (Lipinski definition) is 5. The molecule has 1 unspecified atom stereocenters. The van der Waals surface area contributed by atoms with Crippen LogP contribution in [0, 0.1) is 15.9 Å². The zero-order valence-corrected chi connectivity index (χ0v) is 13.7. The lowest BCUT2D eigenvalue weighted by molar-refractivity contribution is -0.384. The van der Waals surface area contributed by atoms with Crippen LogP contribution in [0.4, 0.5) is 15.8 Å². The second-order valence-electron chi connectivity index (χ2n) is 5.10. The molecule has 0 aromatic heterocycles. The van der Waals surface area contributed by atoms with Crippen LogP contribution in [0.1, 0.15) is 13.3 Å². The molecule has 1 N–H and O–H groups in total. The van der Waals surface area contributed by atoms with Gasteiger partial charge in [-0.2, -0.15) is 0 Å². The molecule has 0 aliphatic heterocycles. The Balaban J connectivity index is 2.17. The van der Waals surface area contributed by atoms with Crippen LogP contribution in [0.3, 0.4) is 0 Å². The summed E-state index contributed by atoms with van der Waals surface area (Å²) in [6, 6.07) is 9.17. The van der Waals surface area contributed by atoms with Crippen molar-refractivity contribution in [3.8, 4) is 11.5 Å². The molecule has 1 amide bonds. The van der Waals surface area contributed by atoms with Gasteiger partial charge in [-0.15, -0.1) is 0 Å². The number of benzene rings is 2. The predicted molar refractivity (Wildman–Crippen MR) is 89.4 cm³/mol. The molecule has 0 aliphatic rings. The fourth-order valence-electron chi connectivity index (χ4n) is 2.12. The van der Waals surface area contributed by atoms with E-state index in [0.717, 1.165) is 0 Å². The van der Waals surface area contributed by atoms with Crippen molar-refractivity contribution < 1.29 is 23.6 Å². The number of ether oxygens (including phenoxy) is 2. The van der Waals surface area contributed by atoms with Crippen LogP contribution < -0.4 is 14.8 Å². The van der Waals surface area contributed by atoms with Gasteiger partial charge in [0.2, 0.25) is 0 Å². The molecule has 8 heteroatoms. The average Bonchev–Trinajstić information content (AvgIpc) is 2.60. The smallest absolute Gasteiger partial charge is 0.271 e. The number of nitro groups is 1. The molecule has 2 aromatic carbocycles. The van der Waals surface area contributed by atoms with Crippen molar-refractivity contribution in [1.82, 2.24) is 0 Å². The van der Waals surface area contributed by atoms with Crippen molar-refractivity contribution in [2.45, 2.75) is 19.4 Å². The summed E-state index contributed by atoms with van der Waals surface area (Å²) in [7, 11) is 1.39. The quantitative estimate of drug-likeness (QED) is 0.610. The second kappa shape index (κ2) is 8.09. The minimum Gasteiger partial charge on any atom is -0.495 e. The van der Waals surface area contributed by atoms with Gasteiger partial charge in [0.25, 0.3) is 11.6 Å². The molecule has 0 spiro atoms. The highest BCUT2D eigenvalue weighted by Crippen LogP contribution is 2.29. The van der Waals surface area contributed by atoms with Gasteiger partial charge in [0.15, 0.2) is 6.10 Å². The van der Waals surface area contributed by atoms with Gasteiger partial charge in [0.05, 0.1) is 17.7 Å². The largest absolute Gasteiger partial charge is 0.495 e. The zero-order valence-electron chi connectivity index (χ0n) is 13.7. The molecule has 0 aliphatic carbocycles. The lowest BCUT2D eigenvalue weighted by Crippen LogP contribution is -2.32. The topological polar surface area (TPSA) is 90.7 Å². The molecule has 132 valence electrons. The minimum atomic E-state index is -0.852. The number of carbonyl (C=O) groups is 1. The van der Waals surface area contributed by atoms with Gasteiger partial charge in [-0.3, -0.25) is 14.9 Å². The van der Waals surface area contributed by atoms with Crippen LogP contribution in [0.5, 0.6) is 11.5 Å². The third-order valence-electron chi connectivity index (χ3n) is 3.41. The van der Waals surface area contributed by atoms with Crippen molar-refractivity contribution in [2.75, 3.05) is 12.4 Å². The van der Waals surface area contributed by atoms with Gasteiger partial charge in [-0.05, 0) is 36.8 Å². The number of halogens is 1. The van der Waals surface area contributed by atoms with E-state index < -0.39 is 22.8 Å². The number of methoxy groups -OCH3 is 1. The van der Waals surface area contributed by atoms with E-state index in [9.17, 15) is 19.3 Å². The highest BCUT2D eigenvalue weighted by Gasteiger charge is 2.21. The Morgan fingerprint density at radius 1 is 1.28 bits per heavy atom. The summed E-state index contributed by atoms with van der Waals surface area (Å²) in [6.07, 6.45) is -0.505. The maximum Gasteiger partial charge on any atom is 0.271 e. The van der Waals surface area contributed by atoms with Gasteiger partial charge >= 0.3 is 0 Å². The van der Waals surface area contributed by atoms with E-state index in [1.165, 1.54) is 49.6 Å². The molecule has 25 heavy (non-hydrogen) atoms. The molecule has 1 atom stereocenters. The first kappa shape index (κ1) is 18.2. The van der Waals surface area contributed by atoms with Gasteiger partial charge < -0.3 is 14.8 Å². The Hall–Kier alpha value is -3.16. The molecular weight excluding hydrogens is 331 g/mol. The lowest BCUT2D eigenvalue weighted by Gasteiger charge is -2.18. The van der Waals surface area contributed by atoms with Crippen LogP contribution in [0.2, 0.25) is 0 Å². The van der Waals surface area contributed by atoms with Crippen LogP contribution in [-0.2, 0) is 4.79 Å². The summed E-state index contributed by atoms with van der Waals surface area (Å²) < 4.78 is 23.6. The number of nitro benzene ring substituents is 1. The maximum absolute atomic E-state index is 12.9. The first-order valence-corrected chi connectivity index (χ1v) is 7.50. The maximum atomic E-state index is 12.9. The SMILES string of the molecule is CCC(Oc1ccc(F)cc1)C(=O)Nc1cc([N+](=O)[O-])ccc1OC. The number of amides is 1. The number of non-ortho nitro benzene ring substituents is 1. The first-order chi connectivity index (χ1) is 11.9. The Morgan fingerprint density at radius 2 is 1.96 bits per heavy atom. The molecule has 0 radical (unpaired) electrons. The van der Waals surface area contributed by atoms with E-state index >= 15 is 0 Å². The predicted octanol–water partition coefficient (Wildman–Crippen LogP) is 3.54. The highest BCUT2D eigenvalue weighted by atomic mass is 19.1. The molecule has 2 rings (SSSR count). The fraction of sp³-hybridized carbons (Fsp3) is 0.235. The standard InChI is InChI=1S/C17H17FN2O5/c1-3-15(25-13-7-4-11(18)5-8-13)17(21)19-14-10-12(20(22)23)6-9-16(14)24-2/h4-10,15H,3H2,1-2H3,(H,19,21). The number of anilines is 1. The van der Waals surface area contributed by atoms with Crippen molar-refractivity contribution >= 4 is 17.3 Å². The van der Waals surface area contributed by atoms with Crippen molar-refractivity contribution in [2.24, 2.45) is 0 Å². The van der Waals surface area contributed by atoms with Gasteiger partial charge in [-0.1, -0.05) is 6.92 Å². The molecule has 0 saturated heterocycles. The third kappa shape index (κ3) is 4.66. The van der Waals surface area contributed by atoms with Crippen molar-refractivity contribution in [3.63, 3.8) is 0 Å². The van der Waals surface area contributed by atoms with Crippen LogP contribution in [0.15, 0.2) is 42.5 Å². The van der Waals surface area contributed by atoms with E-state index in [1.54, 1.807) is 6.92 Å². The summed E-state index contributed by atoms with van der Waals surface area (Å²) in [4.78, 5) is 22.8. The molecule has 7 nitrogen and oxygen atoms in total. The molecule has 0 bridgehead atoms. The molecule has 0 fully saturated rings. The summed E-state index contributed by atoms with van der Waals surface area (Å²) in [5.41, 5.74) is -0.00791. The number of rotatable bonds is 7. The van der Waals surface area contributed by atoms with Crippen molar-refractivity contribution in [1.29, 1.82) is 0 Å².